The van der Waals surface area contributed by atoms with Crippen LogP contribution in [0.25, 0.3) is 0 Å². The van der Waals surface area contributed by atoms with Crippen LogP contribution in [0.3, 0.4) is 0 Å². The molecule has 0 fully saturated rings. The standard InChI is InChI=1S/C13H18O4/c1-8(2)11(12(15)16)13(3,17)9-4-6-10(14)7-5-9/h4-8,11,14,17H,1-3H3,(H,15,16). The lowest BCUT2D eigenvalue weighted by molar-refractivity contribution is -0.155. The molecule has 0 aliphatic heterocycles. The second kappa shape index (κ2) is 4.75. The first-order valence-corrected chi connectivity index (χ1v) is 5.51. The molecule has 0 spiro atoms. The van der Waals surface area contributed by atoms with Crippen LogP contribution in [-0.2, 0) is 10.4 Å². The fourth-order valence-corrected chi connectivity index (χ4v) is 2.15. The number of aliphatic hydroxyl groups is 1. The molecule has 0 heterocycles. The SMILES string of the molecule is CC(C)C(C(=O)O)C(C)(O)c1ccc(O)cc1. The van der Waals surface area contributed by atoms with Crippen molar-refractivity contribution >= 4 is 5.97 Å². The Morgan fingerprint density at radius 2 is 1.71 bits per heavy atom. The molecule has 0 aliphatic carbocycles. The molecule has 0 aliphatic rings. The number of aromatic hydroxyl groups is 1. The number of hydrogen-bond donors (Lipinski definition) is 3. The summed E-state index contributed by atoms with van der Waals surface area (Å²) in [5.74, 6) is -2.04. The van der Waals surface area contributed by atoms with E-state index in [1.807, 2.05) is 0 Å². The molecule has 1 aromatic carbocycles. The second-order valence-corrected chi connectivity index (χ2v) is 4.75. The van der Waals surface area contributed by atoms with Crippen LogP contribution in [0.15, 0.2) is 24.3 Å². The van der Waals surface area contributed by atoms with E-state index >= 15 is 0 Å². The lowest BCUT2D eigenvalue weighted by Crippen LogP contribution is -2.40. The Kier molecular flexibility index (Phi) is 3.78. The number of benzene rings is 1. The van der Waals surface area contributed by atoms with Gasteiger partial charge in [-0.3, -0.25) is 4.79 Å². The van der Waals surface area contributed by atoms with Gasteiger partial charge in [0.2, 0.25) is 0 Å². The van der Waals surface area contributed by atoms with E-state index < -0.39 is 17.5 Å². The van der Waals surface area contributed by atoms with Crippen LogP contribution in [0.4, 0.5) is 0 Å². The largest absolute Gasteiger partial charge is 0.508 e. The minimum absolute atomic E-state index is 0.0842. The van der Waals surface area contributed by atoms with Crippen LogP contribution in [-0.4, -0.2) is 21.3 Å². The average Bonchev–Trinajstić information content (AvgIpc) is 2.16. The van der Waals surface area contributed by atoms with Crippen LogP contribution < -0.4 is 0 Å². The molecule has 0 saturated heterocycles. The molecule has 1 rings (SSSR count). The van der Waals surface area contributed by atoms with Crippen LogP contribution in [0.2, 0.25) is 0 Å². The van der Waals surface area contributed by atoms with E-state index in [1.165, 1.54) is 31.2 Å². The summed E-state index contributed by atoms with van der Waals surface area (Å²) in [6, 6.07) is 5.94. The second-order valence-electron chi connectivity index (χ2n) is 4.75. The molecular weight excluding hydrogens is 220 g/mol. The van der Waals surface area contributed by atoms with Gasteiger partial charge in [0.15, 0.2) is 0 Å². The summed E-state index contributed by atoms with van der Waals surface area (Å²) in [5, 5.41) is 28.8. The van der Waals surface area contributed by atoms with Gasteiger partial charge in [0.05, 0.1) is 5.92 Å². The normalized spacial score (nSPS) is 16.5. The summed E-state index contributed by atoms with van der Waals surface area (Å²) in [5.41, 5.74) is -0.982. The first-order chi connectivity index (χ1) is 7.76. The van der Waals surface area contributed by atoms with Gasteiger partial charge in [0, 0.05) is 0 Å². The predicted octanol–water partition coefficient (Wildman–Crippen LogP) is 1.96. The highest BCUT2D eigenvalue weighted by atomic mass is 16.4. The van der Waals surface area contributed by atoms with Crippen LogP contribution in [0, 0.1) is 11.8 Å². The maximum atomic E-state index is 11.2. The smallest absolute Gasteiger partial charge is 0.310 e. The van der Waals surface area contributed by atoms with Crippen molar-refractivity contribution in [1.82, 2.24) is 0 Å². The van der Waals surface area contributed by atoms with Gasteiger partial charge in [-0.25, -0.2) is 0 Å². The van der Waals surface area contributed by atoms with Crippen LogP contribution in [0.1, 0.15) is 26.3 Å². The van der Waals surface area contributed by atoms with Gasteiger partial charge in [-0.05, 0) is 30.5 Å². The van der Waals surface area contributed by atoms with Crippen molar-refractivity contribution in [3.63, 3.8) is 0 Å². The summed E-state index contributed by atoms with van der Waals surface area (Å²) >= 11 is 0. The molecule has 4 heteroatoms. The zero-order valence-corrected chi connectivity index (χ0v) is 10.2. The molecule has 94 valence electrons. The van der Waals surface area contributed by atoms with Gasteiger partial charge in [-0.1, -0.05) is 26.0 Å². The minimum atomic E-state index is -1.46. The molecule has 0 amide bonds. The Morgan fingerprint density at radius 1 is 1.24 bits per heavy atom. The summed E-state index contributed by atoms with van der Waals surface area (Å²) in [7, 11) is 0. The monoisotopic (exact) mass is 238 g/mol. The molecule has 2 atom stereocenters. The van der Waals surface area contributed by atoms with Crippen LogP contribution in [0.5, 0.6) is 5.75 Å². The van der Waals surface area contributed by atoms with E-state index in [0.29, 0.717) is 5.56 Å². The highest BCUT2D eigenvalue weighted by molar-refractivity contribution is 5.72. The predicted molar refractivity (Wildman–Crippen MR) is 63.6 cm³/mol. The van der Waals surface area contributed by atoms with E-state index in [1.54, 1.807) is 13.8 Å². The molecular formula is C13H18O4. The molecule has 2 unspecified atom stereocenters. The van der Waals surface area contributed by atoms with Crippen molar-refractivity contribution in [2.24, 2.45) is 11.8 Å². The summed E-state index contributed by atoms with van der Waals surface area (Å²) in [6.45, 7) is 5.00. The Morgan fingerprint density at radius 3 is 2.06 bits per heavy atom. The van der Waals surface area contributed by atoms with E-state index in [2.05, 4.69) is 0 Å². The number of carbonyl (C=O) groups is 1. The lowest BCUT2D eigenvalue weighted by atomic mass is 9.76. The number of aliphatic carboxylic acids is 1. The number of carboxylic acids is 1. The van der Waals surface area contributed by atoms with Gasteiger partial charge in [0.1, 0.15) is 11.4 Å². The van der Waals surface area contributed by atoms with E-state index in [4.69, 9.17) is 0 Å². The van der Waals surface area contributed by atoms with Crippen molar-refractivity contribution in [2.45, 2.75) is 26.4 Å². The third-order valence-electron chi connectivity index (χ3n) is 2.99. The Balaban J connectivity index is 3.15. The van der Waals surface area contributed by atoms with Gasteiger partial charge in [-0.2, -0.15) is 0 Å². The van der Waals surface area contributed by atoms with E-state index in [0.717, 1.165) is 0 Å². The van der Waals surface area contributed by atoms with Gasteiger partial charge in [0.25, 0.3) is 0 Å². The molecule has 0 bridgehead atoms. The van der Waals surface area contributed by atoms with Crippen molar-refractivity contribution < 1.29 is 20.1 Å². The van der Waals surface area contributed by atoms with Gasteiger partial charge < -0.3 is 15.3 Å². The molecule has 0 saturated carbocycles. The molecule has 17 heavy (non-hydrogen) atoms. The third kappa shape index (κ3) is 2.77. The topological polar surface area (TPSA) is 77.8 Å². The lowest BCUT2D eigenvalue weighted by Gasteiger charge is -2.33. The highest BCUT2D eigenvalue weighted by Crippen LogP contribution is 2.35. The summed E-state index contributed by atoms with van der Waals surface area (Å²) in [4.78, 5) is 11.2. The van der Waals surface area contributed by atoms with Crippen molar-refractivity contribution in [1.29, 1.82) is 0 Å². The van der Waals surface area contributed by atoms with Crippen molar-refractivity contribution in [2.75, 3.05) is 0 Å². The first-order valence-electron chi connectivity index (χ1n) is 5.51. The molecule has 1 aromatic rings. The zero-order chi connectivity index (χ0) is 13.2. The fourth-order valence-electron chi connectivity index (χ4n) is 2.15. The van der Waals surface area contributed by atoms with Gasteiger partial charge in [-0.15, -0.1) is 0 Å². The van der Waals surface area contributed by atoms with E-state index in [9.17, 15) is 20.1 Å². The Bertz CT molecular complexity index is 392. The first kappa shape index (κ1) is 13.5. The maximum absolute atomic E-state index is 11.2. The van der Waals surface area contributed by atoms with Gasteiger partial charge >= 0.3 is 5.97 Å². The highest BCUT2D eigenvalue weighted by Gasteiger charge is 2.40. The quantitative estimate of drug-likeness (QED) is 0.749. The van der Waals surface area contributed by atoms with Crippen molar-refractivity contribution in [3.8, 4) is 5.75 Å². The average molecular weight is 238 g/mol. The Labute approximate surface area is 101 Å². The minimum Gasteiger partial charge on any atom is -0.508 e. The third-order valence-corrected chi connectivity index (χ3v) is 2.99. The fraction of sp³-hybridized carbons (Fsp3) is 0.462. The number of hydrogen-bond acceptors (Lipinski definition) is 3. The molecule has 0 radical (unpaired) electrons. The molecule has 0 aromatic heterocycles. The number of carboxylic acid groups (broad SMARTS) is 1. The maximum Gasteiger partial charge on any atom is 0.310 e. The molecule has 3 N–H and O–H groups in total. The van der Waals surface area contributed by atoms with E-state index in [-0.39, 0.29) is 11.7 Å². The van der Waals surface area contributed by atoms with Crippen molar-refractivity contribution in [3.05, 3.63) is 29.8 Å². The number of phenolic OH excluding ortho intramolecular Hbond substituents is 1. The number of phenols is 1. The molecule has 4 nitrogen and oxygen atoms in total. The van der Waals surface area contributed by atoms with Crippen LogP contribution >= 0.6 is 0 Å². The summed E-state index contributed by atoms with van der Waals surface area (Å²) < 4.78 is 0. The number of rotatable bonds is 4. The Hall–Kier alpha value is -1.55. The summed E-state index contributed by atoms with van der Waals surface area (Å²) in [6.07, 6.45) is 0. The zero-order valence-electron chi connectivity index (χ0n) is 10.2.